The Labute approximate surface area is 191 Å². The summed E-state index contributed by atoms with van der Waals surface area (Å²) < 4.78 is 50.7. The van der Waals surface area contributed by atoms with Gasteiger partial charge in [-0.05, 0) is 49.7 Å². The van der Waals surface area contributed by atoms with Crippen LogP contribution in [0.5, 0.6) is 0 Å². The van der Waals surface area contributed by atoms with Crippen LogP contribution in [0.1, 0.15) is 19.4 Å². The van der Waals surface area contributed by atoms with E-state index in [1.165, 1.54) is 29.5 Å². The van der Waals surface area contributed by atoms with Crippen molar-refractivity contribution in [3.05, 3.63) is 65.5 Å². The Kier molecular flexibility index (Phi) is 6.87. The zero-order valence-electron chi connectivity index (χ0n) is 18.0. The number of rotatable bonds is 7. The average Bonchev–Trinajstić information content (AvgIpc) is 3.04. The first kappa shape index (κ1) is 24.1. The molecule has 0 saturated carbocycles. The predicted octanol–water partition coefficient (Wildman–Crippen LogP) is 3.14. The molecule has 0 saturated heterocycles. The summed E-state index contributed by atoms with van der Waals surface area (Å²) in [5.41, 5.74) is 1.41. The molecule has 7 nitrogen and oxygen atoms in total. The molecule has 2 aromatic carbocycles. The van der Waals surface area contributed by atoms with Crippen LogP contribution in [0.25, 0.3) is 10.2 Å². The van der Waals surface area contributed by atoms with E-state index >= 15 is 0 Å². The van der Waals surface area contributed by atoms with Crippen molar-refractivity contribution >= 4 is 47.1 Å². The number of sulfone groups is 2. The molecule has 1 aromatic heterocycles. The lowest BCUT2D eigenvalue weighted by Gasteiger charge is -2.08. The van der Waals surface area contributed by atoms with E-state index in [-0.39, 0.29) is 16.2 Å². The third-order valence-corrected chi connectivity index (χ3v) is 9.16. The minimum Gasteiger partial charge on any atom is -0.313 e. The fraction of sp³-hybridized carbons (Fsp3) is 0.273. The highest BCUT2D eigenvalue weighted by atomic mass is 32.2. The topological polar surface area (TPSA) is 103 Å². The molecule has 0 atom stereocenters. The van der Waals surface area contributed by atoms with Gasteiger partial charge in [0.1, 0.15) is 0 Å². The highest BCUT2D eigenvalue weighted by Crippen LogP contribution is 2.22. The Bertz CT molecular complexity index is 1460. The van der Waals surface area contributed by atoms with Crippen molar-refractivity contribution < 1.29 is 21.6 Å². The molecule has 0 unspecified atom stereocenters. The highest BCUT2D eigenvalue weighted by Gasteiger charge is 2.19. The molecule has 1 heterocycles. The van der Waals surface area contributed by atoms with Crippen molar-refractivity contribution in [2.24, 2.45) is 4.99 Å². The summed E-state index contributed by atoms with van der Waals surface area (Å²) in [5, 5.41) is -0.526. The number of benzene rings is 2. The maximum absolute atomic E-state index is 12.6. The molecule has 0 aliphatic carbocycles. The van der Waals surface area contributed by atoms with Gasteiger partial charge in [-0.2, -0.15) is 4.99 Å². The molecule has 0 fully saturated rings. The average molecular weight is 493 g/mol. The Balaban J connectivity index is 1.95. The summed E-state index contributed by atoms with van der Waals surface area (Å²) >= 11 is 1.23. The van der Waals surface area contributed by atoms with Gasteiger partial charge >= 0.3 is 0 Å². The molecule has 170 valence electrons. The number of aromatic nitrogens is 1. The van der Waals surface area contributed by atoms with E-state index in [0.717, 1.165) is 11.8 Å². The lowest BCUT2D eigenvalue weighted by Crippen LogP contribution is -2.17. The normalized spacial score (nSPS) is 13.1. The number of allylic oxidation sites excluding steroid dienone is 1. The molecule has 0 N–H and O–H groups in total. The lowest BCUT2D eigenvalue weighted by atomic mass is 10.1. The minimum absolute atomic E-state index is 0.0128. The summed E-state index contributed by atoms with van der Waals surface area (Å²) in [6.45, 7) is 7.39. The number of hydrogen-bond donors (Lipinski definition) is 0. The third kappa shape index (κ3) is 5.08. The summed E-state index contributed by atoms with van der Waals surface area (Å²) in [6, 6.07) is 11.0. The van der Waals surface area contributed by atoms with E-state index in [1.807, 2.05) is 0 Å². The number of amides is 1. The maximum atomic E-state index is 12.6. The summed E-state index contributed by atoms with van der Waals surface area (Å²) in [7, 11) is -6.73. The van der Waals surface area contributed by atoms with E-state index in [1.54, 1.807) is 48.8 Å². The van der Waals surface area contributed by atoms with Crippen LogP contribution in [-0.2, 0) is 37.4 Å². The molecule has 0 aliphatic heterocycles. The molecule has 0 bridgehead atoms. The maximum Gasteiger partial charge on any atom is 0.252 e. The van der Waals surface area contributed by atoms with Crippen molar-refractivity contribution in [1.29, 1.82) is 0 Å². The predicted molar refractivity (Wildman–Crippen MR) is 126 cm³/mol. The molecule has 10 heteroatoms. The van der Waals surface area contributed by atoms with Gasteiger partial charge in [-0.15, -0.1) is 6.58 Å². The Morgan fingerprint density at radius 2 is 1.72 bits per heavy atom. The molecule has 0 spiro atoms. The number of thiazole rings is 1. The fourth-order valence-electron chi connectivity index (χ4n) is 3.07. The van der Waals surface area contributed by atoms with Gasteiger partial charge in [0.05, 0.1) is 31.7 Å². The van der Waals surface area contributed by atoms with E-state index in [9.17, 15) is 21.6 Å². The van der Waals surface area contributed by atoms with Crippen molar-refractivity contribution in [2.75, 3.05) is 6.26 Å². The Morgan fingerprint density at radius 3 is 2.28 bits per heavy atom. The van der Waals surface area contributed by atoms with Gasteiger partial charge in [-0.1, -0.05) is 29.5 Å². The van der Waals surface area contributed by atoms with Crippen molar-refractivity contribution in [3.8, 4) is 0 Å². The smallest absolute Gasteiger partial charge is 0.252 e. The van der Waals surface area contributed by atoms with Crippen LogP contribution in [0.15, 0.2) is 69.9 Å². The van der Waals surface area contributed by atoms with Gasteiger partial charge < -0.3 is 4.57 Å². The van der Waals surface area contributed by atoms with Gasteiger partial charge in [0.2, 0.25) is 0 Å². The minimum atomic E-state index is -3.37. The molecule has 3 aromatic rings. The fourth-order valence-corrected chi connectivity index (χ4v) is 5.94. The first-order valence-electron chi connectivity index (χ1n) is 9.78. The van der Waals surface area contributed by atoms with Crippen LogP contribution in [0.4, 0.5) is 0 Å². The molecule has 32 heavy (non-hydrogen) atoms. The molecule has 1 amide bonds. The Morgan fingerprint density at radius 1 is 1.09 bits per heavy atom. The monoisotopic (exact) mass is 492 g/mol. The van der Waals surface area contributed by atoms with Crippen LogP contribution < -0.4 is 4.80 Å². The quantitative estimate of drug-likeness (QED) is 0.472. The molecule has 0 aliphatic rings. The lowest BCUT2D eigenvalue weighted by molar-refractivity contribution is -0.117. The first-order valence-corrected chi connectivity index (χ1v) is 14.0. The van der Waals surface area contributed by atoms with Crippen LogP contribution >= 0.6 is 11.3 Å². The zero-order chi connectivity index (χ0) is 23.7. The second kappa shape index (κ2) is 9.13. The first-order chi connectivity index (χ1) is 14.9. The number of nitrogens with zero attached hydrogens (tertiary/aromatic N) is 2. The van der Waals surface area contributed by atoms with E-state index in [0.29, 0.717) is 21.6 Å². The van der Waals surface area contributed by atoms with E-state index < -0.39 is 30.8 Å². The van der Waals surface area contributed by atoms with Crippen molar-refractivity contribution in [2.45, 2.75) is 41.9 Å². The van der Waals surface area contributed by atoms with Crippen LogP contribution in [0, 0.1) is 0 Å². The number of carbonyl (C=O) groups is 1. The molecular weight excluding hydrogens is 468 g/mol. The standard InChI is InChI=1S/C22H24N2O5S3/c1-5-12-24-19-11-10-18(31(4,26)27)14-20(19)30-22(24)23-21(25)13-16-6-8-17(9-7-16)32(28,29)15(2)3/h5-11,14-15H,1,12-13H2,2-4H3. The summed E-state index contributed by atoms with van der Waals surface area (Å²) in [4.78, 5) is 17.7. The second-order valence-corrected chi connectivity index (χ2v) is 13.1. The third-order valence-electron chi connectivity index (χ3n) is 4.84. The molecule has 0 radical (unpaired) electrons. The van der Waals surface area contributed by atoms with Crippen LogP contribution in [0.3, 0.4) is 0 Å². The Hall–Kier alpha value is -2.56. The molecular formula is C22H24N2O5S3. The van der Waals surface area contributed by atoms with Gasteiger partial charge in [0, 0.05) is 12.8 Å². The SMILES string of the molecule is C=CCn1c(=NC(=O)Cc2ccc(S(=O)(=O)C(C)C)cc2)sc2cc(S(C)(=O)=O)ccc21. The summed E-state index contributed by atoms with van der Waals surface area (Å²) in [5.74, 6) is -0.392. The largest absolute Gasteiger partial charge is 0.313 e. The molecule has 3 rings (SSSR count). The number of carbonyl (C=O) groups excluding carboxylic acids is 1. The van der Waals surface area contributed by atoms with Crippen molar-refractivity contribution in [1.82, 2.24) is 4.57 Å². The zero-order valence-corrected chi connectivity index (χ0v) is 20.4. The van der Waals surface area contributed by atoms with Gasteiger partial charge in [0.25, 0.3) is 5.91 Å². The van der Waals surface area contributed by atoms with E-state index in [2.05, 4.69) is 11.6 Å². The second-order valence-electron chi connectivity index (χ2n) is 7.61. The van der Waals surface area contributed by atoms with Crippen LogP contribution in [0.2, 0.25) is 0 Å². The van der Waals surface area contributed by atoms with E-state index in [4.69, 9.17) is 0 Å². The van der Waals surface area contributed by atoms with Crippen LogP contribution in [-0.4, -0.2) is 38.8 Å². The number of hydrogen-bond acceptors (Lipinski definition) is 6. The summed E-state index contributed by atoms with van der Waals surface area (Å²) in [6.07, 6.45) is 2.83. The van der Waals surface area contributed by atoms with Gasteiger partial charge in [-0.25, -0.2) is 16.8 Å². The van der Waals surface area contributed by atoms with Crippen molar-refractivity contribution in [3.63, 3.8) is 0 Å². The van der Waals surface area contributed by atoms with Gasteiger partial charge in [-0.3, -0.25) is 4.79 Å². The number of fused-ring (bicyclic) bond motifs is 1. The highest BCUT2D eigenvalue weighted by molar-refractivity contribution is 7.92. The van der Waals surface area contributed by atoms with Gasteiger partial charge in [0.15, 0.2) is 24.5 Å².